The maximum absolute atomic E-state index is 12.8. The molecule has 0 spiro atoms. The lowest BCUT2D eigenvalue weighted by molar-refractivity contribution is 0.0487. The van der Waals surface area contributed by atoms with E-state index in [1.807, 2.05) is 38.2 Å². The number of aryl methyl sites for hydroxylation is 1. The molecule has 0 bridgehead atoms. The van der Waals surface area contributed by atoms with E-state index >= 15 is 0 Å². The first-order valence-corrected chi connectivity index (χ1v) is 12.5. The first kappa shape index (κ1) is 23.6. The van der Waals surface area contributed by atoms with Crippen LogP contribution < -0.4 is 5.69 Å². The van der Waals surface area contributed by atoms with Crippen LogP contribution in [-0.4, -0.2) is 55.5 Å². The van der Waals surface area contributed by atoms with Crippen LogP contribution in [0.25, 0.3) is 33.2 Å². The Morgan fingerprint density at radius 1 is 1.11 bits per heavy atom. The summed E-state index contributed by atoms with van der Waals surface area (Å²) < 4.78 is 9.43. The SMILES string of the molecule is CC(C)n1c(=O)n(C)c2nnc3ccc(-c4ccc([C@@H](C)OCCN5CC[C@@H](C)C5)nc4)cc3c21. The second kappa shape index (κ2) is 9.51. The molecule has 0 N–H and O–H groups in total. The Labute approximate surface area is 205 Å². The average molecular weight is 475 g/mol. The van der Waals surface area contributed by atoms with E-state index in [0.29, 0.717) is 12.3 Å². The second-order valence-corrected chi connectivity index (χ2v) is 10.1. The fourth-order valence-corrected chi connectivity index (χ4v) is 5.04. The van der Waals surface area contributed by atoms with Gasteiger partial charge in [-0.15, -0.1) is 10.2 Å². The first-order valence-electron chi connectivity index (χ1n) is 12.5. The molecule has 0 unspecified atom stereocenters. The number of likely N-dealkylation sites (tertiary alicyclic amines) is 1. The van der Waals surface area contributed by atoms with Crippen molar-refractivity contribution in [3.05, 3.63) is 52.7 Å². The van der Waals surface area contributed by atoms with E-state index in [4.69, 9.17) is 9.72 Å². The number of fused-ring (bicyclic) bond motifs is 3. The van der Waals surface area contributed by atoms with Gasteiger partial charge in [0.25, 0.3) is 0 Å². The number of hydrogen-bond donors (Lipinski definition) is 0. The number of aromatic nitrogens is 5. The van der Waals surface area contributed by atoms with Gasteiger partial charge in [-0.1, -0.05) is 19.1 Å². The van der Waals surface area contributed by atoms with E-state index < -0.39 is 0 Å². The van der Waals surface area contributed by atoms with E-state index in [0.717, 1.165) is 45.7 Å². The summed E-state index contributed by atoms with van der Waals surface area (Å²) in [4.78, 5) is 20.0. The molecule has 5 rings (SSSR count). The normalized spacial score (nSPS) is 17.7. The highest BCUT2D eigenvalue weighted by atomic mass is 16.5. The summed E-state index contributed by atoms with van der Waals surface area (Å²) in [5, 5.41) is 9.59. The van der Waals surface area contributed by atoms with Crippen LogP contribution in [0.15, 0.2) is 41.3 Å². The predicted octanol–water partition coefficient (Wildman–Crippen LogP) is 4.35. The third-order valence-electron chi connectivity index (χ3n) is 7.10. The van der Waals surface area contributed by atoms with Crippen LogP contribution in [0, 0.1) is 5.92 Å². The molecule has 0 amide bonds. The van der Waals surface area contributed by atoms with Crippen LogP contribution in [0.4, 0.5) is 0 Å². The van der Waals surface area contributed by atoms with Gasteiger partial charge in [-0.05, 0) is 63.4 Å². The van der Waals surface area contributed by atoms with Crippen LogP contribution in [0.5, 0.6) is 0 Å². The number of benzene rings is 1. The van der Waals surface area contributed by atoms with Gasteiger partial charge in [0.15, 0.2) is 5.65 Å². The maximum Gasteiger partial charge on any atom is 0.330 e. The van der Waals surface area contributed by atoms with E-state index in [1.54, 1.807) is 16.2 Å². The highest BCUT2D eigenvalue weighted by Crippen LogP contribution is 2.29. The van der Waals surface area contributed by atoms with Gasteiger partial charge in [-0.3, -0.25) is 14.1 Å². The number of imidazole rings is 1. The Balaban J connectivity index is 1.39. The summed E-state index contributed by atoms with van der Waals surface area (Å²) in [5.74, 6) is 0.791. The molecule has 2 atom stereocenters. The van der Waals surface area contributed by atoms with Gasteiger partial charge in [0.1, 0.15) is 5.52 Å². The zero-order chi connectivity index (χ0) is 24.7. The Bertz CT molecular complexity index is 1410. The molecule has 184 valence electrons. The van der Waals surface area contributed by atoms with Gasteiger partial charge in [0.05, 0.1) is 23.9 Å². The lowest BCUT2D eigenvalue weighted by Gasteiger charge is -2.18. The molecule has 1 saturated heterocycles. The molecule has 35 heavy (non-hydrogen) atoms. The van der Waals surface area contributed by atoms with Crippen molar-refractivity contribution < 1.29 is 4.74 Å². The van der Waals surface area contributed by atoms with Gasteiger partial charge < -0.3 is 9.64 Å². The summed E-state index contributed by atoms with van der Waals surface area (Å²) in [7, 11) is 1.74. The molecule has 0 aliphatic carbocycles. The van der Waals surface area contributed by atoms with Crippen molar-refractivity contribution in [3.63, 3.8) is 0 Å². The molecular formula is C27H34N6O2. The molecule has 1 aliphatic heterocycles. The molecule has 1 fully saturated rings. The van der Waals surface area contributed by atoms with Gasteiger partial charge in [0, 0.05) is 43.3 Å². The quantitative estimate of drug-likeness (QED) is 0.396. The molecular weight excluding hydrogens is 440 g/mol. The lowest BCUT2D eigenvalue weighted by atomic mass is 10.0. The van der Waals surface area contributed by atoms with Crippen LogP contribution in [0.1, 0.15) is 52.0 Å². The summed E-state index contributed by atoms with van der Waals surface area (Å²) in [6, 6.07) is 10.2. The van der Waals surface area contributed by atoms with Gasteiger partial charge in [-0.25, -0.2) is 4.79 Å². The molecule has 0 saturated carbocycles. The Morgan fingerprint density at radius 3 is 2.60 bits per heavy atom. The number of hydrogen-bond acceptors (Lipinski definition) is 6. The molecule has 4 heterocycles. The number of rotatable bonds is 7. The van der Waals surface area contributed by atoms with Crippen molar-refractivity contribution in [2.75, 3.05) is 26.2 Å². The minimum atomic E-state index is -0.0820. The van der Waals surface area contributed by atoms with E-state index in [-0.39, 0.29) is 17.8 Å². The summed E-state index contributed by atoms with van der Waals surface area (Å²) in [5.41, 5.74) is 5.05. The minimum Gasteiger partial charge on any atom is -0.371 e. The molecule has 4 aromatic rings. The smallest absolute Gasteiger partial charge is 0.330 e. The number of nitrogens with zero attached hydrogens (tertiary/aromatic N) is 6. The highest BCUT2D eigenvalue weighted by Gasteiger charge is 2.20. The van der Waals surface area contributed by atoms with Crippen LogP contribution in [-0.2, 0) is 11.8 Å². The van der Waals surface area contributed by atoms with Gasteiger partial charge in [-0.2, -0.15) is 0 Å². The molecule has 8 heteroatoms. The summed E-state index contributed by atoms with van der Waals surface area (Å²) >= 11 is 0. The zero-order valence-electron chi connectivity index (χ0n) is 21.2. The van der Waals surface area contributed by atoms with E-state index in [9.17, 15) is 4.79 Å². The fourth-order valence-electron chi connectivity index (χ4n) is 5.04. The van der Waals surface area contributed by atoms with Crippen LogP contribution >= 0.6 is 0 Å². The second-order valence-electron chi connectivity index (χ2n) is 10.1. The molecule has 1 aromatic carbocycles. The predicted molar refractivity (Wildman–Crippen MR) is 138 cm³/mol. The topological polar surface area (TPSA) is 78.1 Å². The van der Waals surface area contributed by atoms with Crippen molar-refractivity contribution in [3.8, 4) is 11.1 Å². The fraction of sp³-hybridized carbons (Fsp3) is 0.481. The molecule has 3 aromatic heterocycles. The summed E-state index contributed by atoms with van der Waals surface area (Å²) in [6.07, 6.45) is 3.12. The van der Waals surface area contributed by atoms with Gasteiger partial charge in [0.2, 0.25) is 0 Å². The number of ether oxygens (including phenoxy) is 1. The van der Waals surface area contributed by atoms with Crippen molar-refractivity contribution in [2.45, 2.75) is 46.3 Å². The Morgan fingerprint density at radius 2 is 1.91 bits per heavy atom. The average Bonchev–Trinajstić information content (AvgIpc) is 3.39. The maximum atomic E-state index is 12.8. The lowest BCUT2D eigenvalue weighted by Crippen LogP contribution is -2.25. The minimum absolute atomic E-state index is 0.0126. The molecule has 1 aliphatic rings. The van der Waals surface area contributed by atoms with Crippen LogP contribution in [0.3, 0.4) is 0 Å². The number of pyridine rings is 1. The highest BCUT2D eigenvalue weighted by molar-refractivity contribution is 6.02. The standard InChI is InChI=1S/C27H34N6O2/c1-17(2)33-25-22-14-20(6-9-24(22)29-30-26(25)31(5)27(33)34)21-7-8-23(28-15-21)19(4)35-13-12-32-11-10-18(3)16-32/h6-9,14-15,17-19H,10-13,16H2,1-5H3/t18-,19-/m1/s1. The molecule has 8 nitrogen and oxygen atoms in total. The van der Waals surface area contributed by atoms with Crippen molar-refractivity contribution in [2.24, 2.45) is 13.0 Å². The van der Waals surface area contributed by atoms with Crippen LogP contribution in [0.2, 0.25) is 0 Å². The largest absolute Gasteiger partial charge is 0.371 e. The van der Waals surface area contributed by atoms with Crippen molar-refractivity contribution in [1.29, 1.82) is 0 Å². The zero-order valence-corrected chi connectivity index (χ0v) is 21.2. The third kappa shape index (κ3) is 4.48. The third-order valence-corrected chi connectivity index (χ3v) is 7.10. The first-order chi connectivity index (χ1) is 16.8. The van der Waals surface area contributed by atoms with Gasteiger partial charge >= 0.3 is 5.69 Å². The molecule has 0 radical (unpaired) electrons. The Kier molecular flexibility index (Phi) is 6.42. The monoisotopic (exact) mass is 474 g/mol. The van der Waals surface area contributed by atoms with Crippen molar-refractivity contribution in [1.82, 2.24) is 29.2 Å². The van der Waals surface area contributed by atoms with E-state index in [1.165, 1.54) is 19.5 Å². The van der Waals surface area contributed by atoms with Crippen molar-refractivity contribution >= 4 is 22.1 Å². The Hall–Kier alpha value is -3.10. The van der Waals surface area contributed by atoms with E-state index in [2.05, 4.69) is 41.1 Å². The summed E-state index contributed by atoms with van der Waals surface area (Å²) in [6.45, 7) is 12.4.